The standard InChI is InChI=1S/C21H30N4O/c1-21(11-7-13-25(15-21)20(26)16-8-4-5-9-16)18-14-24-12-6-10-17(24)19(22-18)23(2)3/h6,10,12,14,16H,4-5,7-9,11,13,15H2,1-3H3/t21-/m1/s1. The molecule has 0 unspecified atom stereocenters. The number of piperidine rings is 1. The van der Waals surface area contributed by atoms with Crippen molar-refractivity contribution in [3.8, 4) is 0 Å². The van der Waals surface area contributed by atoms with Gasteiger partial charge in [-0.15, -0.1) is 0 Å². The fourth-order valence-electron chi connectivity index (χ4n) is 4.72. The molecular weight excluding hydrogens is 324 g/mol. The molecule has 1 aliphatic carbocycles. The molecule has 2 aromatic rings. The van der Waals surface area contributed by atoms with Crippen LogP contribution in [0.3, 0.4) is 0 Å². The van der Waals surface area contributed by atoms with Gasteiger partial charge in [-0.1, -0.05) is 19.8 Å². The highest BCUT2D eigenvalue weighted by Gasteiger charge is 2.38. The molecule has 5 heteroatoms. The van der Waals surface area contributed by atoms with Crippen LogP contribution >= 0.6 is 0 Å². The molecule has 3 heterocycles. The van der Waals surface area contributed by atoms with Crippen LogP contribution < -0.4 is 4.90 Å². The van der Waals surface area contributed by atoms with Crippen LogP contribution in [-0.4, -0.2) is 47.4 Å². The minimum atomic E-state index is -0.0876. The van der Waals surface area contributed by atoms with Gasteiger partial charge in [0, 0.05) is 50.9 Å². The zero-order chi connectivity index (χ0) is 18.3. The zero-order valence-electron chi connectivity index (χ0n) is 16.2. The highest BCUT2D eigenvalue weighted by atomic mass is 16.2. The first kappa shape index (κ1) is 17.4. The number of likely N-dealkylation sites (tertiary alicyclic amines) is 1. The van der Waals surface area contributed by atoms with Gasteiger partial charge in [-0.3, -0.25) is 4.79 Å². The Morgan fingerprint density at radius 2 is 2.04 bits per heavy atom. The second-order valence-corrected chi connectivity index (χ2v) is 8.55. The van der Waals surface area contributed by atoms with Gasteiger partial charge in [0.15, 0.2) is 5.82 Å². The average Bonchev–Trinajstić information content (AvgIpc) is 3.31. The van der Waals surface area contributed by atoms with E-state index in [1.807, 2.05) is 14.1 Å². The first-order valence-corrected chi connectivity index (χ1v) is 9.92. The van der Waals surface area contributed by atoms with Crippen molar-refractivity contribution in [3.05, 3.63) is 30.2 Å². The minimum absolute atomic E-state index is 0.0876. The van der Waals surface area contributed by atoms with Gasteiger partial charge in [0.1, 0.15) is 0 Å². The smallest absolute Gasteiger partial charge is 0.225 e. The maximum absolute atomic E-state index is 13.0. The molecule has 0 aromatic carbocycles. The number of carbonyl (C=O) groups excluding carboxylic acids is 1. The van der Waals surface area contributed by atoms with Gasteiger partial charge in [-0.2, -0.15) is 0 Å². The number of nitrogens with zero attached hydrogens (tertiary/aromatic N) is 4. The summed E-state index contributed by atoms with van der Waals surface area (Å²) in [5.41, 5.74) is 2.13. The number of hydrogen-bond acceptors (Lipinski definition) is 3. The van der Waals surface area contributed by atoms with Crippen LogP contribution in [0.25, 0.3) is 5.52 Å². The van der Waals surface area contributed by atoms with Gasteiger partial charge in [0.2, 0.25) is 5.91 Å². The molecule has 0 radical (unpaired) electrons. The monoisotopic (exact) mass is 354 g/mol. The van der Waals surface area contributed by atoms with Crippen molar-refractivity contribution < 1.29 is 4.79 Å². The summed E-state index contributed by atoms with van der Waals surface area (Å²) in [6, 6.07) is 4.16. The Kier molecular flexibility index (Phi) is 4.41. The Labute approximate surface area is 156 Å². The number of carbonyl (C=O) groups is 1. The molecule has 1 saturated carbocycles. The van der Waals surface area contributed by atoms with Gasteiger partial charge in [0.25, 0.3) is 0 Å². The Morgan fingerprint density at radius 1 is 1.27 bits per heavy atom. The SMILES string of the molecule is CN(C)c1nc([C@]2(C)CCCN(C(=O)C3CCCC3)C2)cn2cccc12. The van der Waals surface area contributed by atoms with Crippen molar-refractivity contribution in [1.82, 2.24) is 14.3 Å². The lowest BCUT2D eigenvalue weighted by molar-refractivity contribution is -0.137. The summed E-state index contributed by atoms with van der Waals surface area (Å²) in [5.74, 6) is 1.63. The second kappa shape index (κ2) is 6.60. The molecule has 26 heavy (non-hydrogen) atoms. The molecule has 1 aliphatic heterocycles. The van der Waals surface area contributed by atoms with Crippen LogP contribution in [0.4, 0.5) is 5.82 Å². The number of anilines is 1. The first-order chi connectivity index (χ1) is 12.5. The lowest BCUT2D eigenvalue weighted by atomic mass is 9.78. The Morgan fingerprint density at radius 3 is 2.77 bits per heavy atom. The van der Waals surface area contributed by atoms with Crippen molar-refractivity contribution in [2.75, 3.05) is 32.1 Å². The van der Waals surface area contributed by atoms with E-state index in [1.165, 1.54) is 12.8 Å². The fourth-order valence-corrected chi connectivity index (χ4v) is 4.72. The van der Waals surface area contributed by atoms with Crippen molar-refractivity contribution in [1.29, 1.82) is 0 Å². The molecule has 4 rings (SSSR count). The molecule has 0 spiro atoms. The zero-order valence-corrected chi connectivity index (χ0v) is 16.2. The maximum atomic E-state index is 13.0. The summed E-state index contributed by atoms with van der Waals surface area (Å²) >= 11 is 0. The molecular formula is C21H30N4O. The topological polar surface area (TPSA) is 40.9 Å². The molecule has 5 nitrogen and oxygen atoms in total. The van der Waals surface area contributed by atoms with Crippen molar-refractivity contribution in [2.45, 2.75) is 50.9 Å². The fraction of sp³-hybridized carbons (Fsp3) is 0.619. The van der Waals surface area contributed by atoms with Crippen LogP contribution in [0.2, 0.25) is 0 Å². The van der Waals surface area contributed by atoms with Crippen LogP contribution in [0, 0.1) is 5.92 Å². The molecule has 2 fully saturated rings. The van der Waals surface area contributed by atoms with E-state index in [9.17, 15) is 4.79 Å². The quantitative estimate of drug-likeness (QED) is 0.847. The molecule has 0 N–H and O–H groups in total. The van der Waals surface area contributed by atoms with E-state index in [1.54, 1.807) is 0 Å². The largest absolute Gasteiger partial charge is 0.361 e. The predicted octanol–water partition coefficient (Wildman–Crippen LogP) is 3.47. The molecule has 1 saturated heterocycles. The van der Waals surface area contributed by atoms with Gasteiger partial charge in [0.05, 0.1) is 11.2 Å². The Hall–Kier alpha value is -2.04. The third-order valence-corrected chi connectivity index (χ3v) is 6.25. The Bertz CT molecular complexity index is 805. The van der Waals surface area contributed by atoms with E-state index in [4.69, 9.17) is 4.98 Å². The summed E-state index contributed by atoms with van der Waals surface area (Å²) in [5, 5.41) is 0. The molecule has 140 valence electrons. The van der Waals surface area contributed by atoms with E-state index in [0.29, 0.717) is 5.91 Å². The van der Waals surface area contributed by atoms with E-state index in [2.05, 4.69) is 45.7 Å². The van der Waals surface area contributed by atoms with Crippen LogP contribution in [0.5, 0.6) is 0 Å². The summed E-state index contributed by atoms with van der Waals surface area (Å²) in [6.45, 7) is 3.96. The van der Waals surface area contributed by atoms with Gasteiger partial charge in [-0.25, -0.2) is 4.98 Å². The van der Waals surface area contributed by atoms with Gasteiger partial charge in [-0.05, 0) is 37.8 Å². The van der Waals surface area contributed by atoms with E-state index < -0.39 is 0 Å². The maximum Gasteiger partial charge on any atom is 0.225 e. The van der Waals surface area contributed by atoms with Crippen molar-refractivity contribution >= 4 is 17.2 Å². The lowest BCUT2D eigenvalue weighted by Crippen LogP contribution is -2.49. The molecule has 0 bridgehead atoms. The lowest BCUT2D eigenvalue weighted by Gasteiger charge is -2.41. The summed E-state index contributed by atoms with van der Waals surface area (Å²) in [6.07, 6.45) is 10.9. The third-order valence-electron chi connectivity index (χ3n) is 6.25. The first-order valence-electron chi connectivity index (χ1n) is 9.92. The van der Waals surface area contributed by atoms with E-state index >= 15 is 0 Å². The Balaban J connectivity index is 1.65. The number of rotatable bonds is 3. The molecule has 2 aliphatic rings. The van der Waals surface area contributed by atoms with Crippen molar-refractivity contribution in [3.63, 3.8) is 0 Å². The van der Waals surface area contributed by atoms with E-state index in [-0.39, 0.29) is 11.3 Å². The highest BCUT2D eigenvalue weighted by molar-refractivity contribution is 5.79. The molecule has 2 aromatic heterocycles. The number of aromatic nitrogens is 2. The highest BCUT2D eigenvalue weighted by Crippen LogP contribution is 2.36. The van der Waals surface area contributed by atoms with Crippen LogP contribution in [0.1, 0.15) is 51.1 Å². The average molecular weight is 354 g/mol. The van der Waals surface area contributed by atoms with Gasteiger partial charge >= 0.3 is 0 Å². The summed E-state index contributed by atoms with van der Waals surface area (Å²) in [7, 11) is 4.08. The molecule has 1 atom stereocenters. The van der Waals surface area contributed by atoms with Crippen LogP contribution in [-0.2, 0) is 10.2 Å². The van der Waals surface area contributed by atoms with Crippen LogP contribution in [0.15, 0.2) is 24.5 Å². The summed E-state index contributed by atoms with van der Waals surface area (Å²) < 4.78 is 2.17. The number of hydrogen-bond donors (Lipinski definition) is 0. The molecule has 1 amide bonds. The van der Waals surface area contributed by atoms with Crippen molar-refractivity contribution in [2.24, 2.45) is 5.92 Å². The third kappa shape index (κ3) is 2.97. The predicted molar refractivity (Wildman–Crippen MR) is 105 cm³/mol. The number of amides is 1. The normalized spacial score (nSPS) is 24.3. The number of fused-ring (bicyclic) bond motifs is 1. The van der Waals surface area contributed by atoms with Gasteiger partial charge < -0.3 is 14.2 Å². The minimum Gasteiger partial charge on any atom is -0.361 e. The second-order valence-electron chi connectivity index (χ2n) is 8.55. The summed E-state index contributed by atoms with van der Waals surface area (Å²) in [4.78, 5) is 22.2. The van der Waals surface area contributed by atoms with E-state index in [0.717, 1.165) is 55.8 Å².